The lowest BCUT2D eigenvalue weighted by molar-refractivity contribution is -0.138. The third-order valence-corrected chi connectivity index (χ3v) is 4.96. The maximum Gasteiger partial charge on any atom is 0.419 e. The van der Waals surface area contributed by atoms with Gasteiger partial charge in [0.15, 0.2) is 0 Å². The number of hydrogen-bond acceptors (Lipinski definition) is 3. The summed E-state index contributed by atoms with van der Waals surface area (Å²) in [6.45, 7) is 0. The highest BCUT2D eigenvalue weighted by molar-refractivity contribution is 5.45. The number of benzene rings is 2. The first-order chi connectivity index (χ1) is 12.5. The molecule has 0 saturated carbocycles. The lowest BCUT2D eigenvalue weighted by atomic mass is 10.0. The molecule has 2 aliphatic heterocycles. The summed E-state index contributed by atoms with van der Waals surface area (Å²) in [6, 6.07) is 13.1. The minimum atomic E-state index is -4.49. The second-order valence-electron chi connectivity index (χ2n) is 6.92. The highest BCUT2D eigenvalue weighted by atomic mass is 19.4. The van der Waals surface area contributed by atoms with Gasteiger partial charge in [-0.2, -0.15) is 13.2 Å². The third kappa shape index (κ3) is 3.80. The van der Waals surface area contributed by atoms with E-state index in [1.165, 1.54) is 12.1 Å². The molecule has 1 N–H and O–H groups in total. The van der Waals surface area contributed by atoms with Crippen LogP contribution < -0.4 is 14.8 Å². The number of fused-ring (bicyclic) bond motifs is 2. The molecule has 0 amide bonds. The molecule has 2 bridgehead atoms. The van der Waals surface area contributed by atoms with Crippen molar-refractivity contribution >= 4 is 0 Å². The Morgan fingerprint density at radius 3 is 2.23 bits per heavy atom. The summed E-state index contributed by atoms with van der Waals surface area (Å²) in [6.07, 6.45) is -0.426. The second-order valence-corrected chi connectivity index (χ2v) is 6.92. The first-order valence-corrected chi connectivity index (χ1v) is 8.84. The molecule has 138 valence electrons. The van der Waals surface area contributed by atoms with E-state index in [0.717, 1.165) is 31.7 Å². The van der Waals surface area contributed by atoms with Gasteiger partial charge in [-0.05, 0) is 49.9 Å². The Hall–Kier alpha value is -2.21. The Kier molecular flexibility index (Phi) is 4.53. The van der Waals surface area contributed by atoms with Gasteiger partial charge in [0, 0.05) is 18.2 Å². The minimum Gasteiger partial charge on any atom is -0.490 e. The summed E-state index contributed by atoms with van der Waals surface area (Å²) in [4.78, 5) is 0. The quantitative estimate of drug-likeness (QED) is 0.814. The van der Waals surface area contributed by atoms with E-state index in [1.807, 2.05) is 0 Å². The van der Waals surface area contributed by atoms with Gasteiger partial charge in [-0.3, -0.25) is 0 Å². The molecule has 2 saturated heterocycles. The summed E-state index contributed by atoms with van der Waals surface area (Å²) in [5.41, 5.74) is -0.806. The number of nitrogens with one attached hydrogen (secondary N) is 1. The van der Waals surface area contributed by atoms with Crippen LogP contribution in [0.1, 0.15) is 31.2 Å². The lowest BCUT2D eigenvalue weighted by Crippen LogP contribution is -2.42. The molecule has 0 aliphatic carbocycles. The summed E-state index contributed by atoms with van der Waals surface area (Å²) in [5.74, 6) is 0.531. The van der Waals surface area contributed by atoms with Crippen LogP contribution in [0.2, 0.25) is 0 Å². The fourth-order valence-electron chi connectivity index (χ4n) is 3.80. The molecule has 2 aliphatic rings. The number of para-hydroxylation sites is 1. The van der Waals surface area contributed by atoms with E-state index in [-0.39, 0.29) is 11.9 Å². The van der Waals surface area contributed by atoms with Gasteiger partial charge in [-0.15, -0.1) is 0 Å². The van der Waals surface area contributed by atoms with E-state index >= 15 is 0 Å². The van der Waals surface area contributed by atoms with Gasteiger partial charge < -0.3 is 14.8 Å². The smallest absolute Gasteiger partial charge is 0.419 e. The molecule has 3 nitrogen and oxygen atoms in total. The predicted molar refractivity (Wildman–Crippen MR) is 91.6 cm³/mol. The van der Waals surface area contributed by atoms with Crippen molar-refractivity contribution in [2.45, 2.75) is 50.0 Å². The zero-order valence-electron chi connectivity index (χ0n) is 14.1. The van der Waals surface area contributed by atoms with Gasteiger partial charge in [-0.1, -0.05) is 18.2 Å². The van der Waals surface area contributed by atoms with Crippen molar-refractivity contribution in [2.75, 3.05) is 0 Å². The molecule has 2 aromatic carbocycles. The van der Waals surface area contributed by atoms with Crippen molar-refractivity contribution in [1.82, 2.24) is 5.32 Å². The molecule has 2 fully saturated rings. The van der Waals surface area contributed by atoms with Crippen LogP contribution in [0.5, 0.6) is 17.2 Å². The molecule has 2 aromatic rings. The zero-order chi connectivity index (χ0) is 18.1. The molecular weight excluding hydrogens is 343 g/mol. The SMILES string of the molecule is FC(F)(F)c1ccc(O[C@@H]2C[C@H]3CC[C@@H](C2)N3)cc1Oc1ccccc1. The molecule has 3 atom stereocenters. The number of alkyl halides is 3. The van der Waals surface area contributed by atoms with E-state index in [9.17, 15) is 13.2 Å². The summed E-state index contributed by atoms with van der Waals surface area (Å²) in [5, 5.41) is 3.53. The minimum absolute atomic E-state index is 0.0232. The molecule has 2 heterocycles. The number of rotatable bonds is 4. The number of piperidine rings is 1. The van der Waals surface area contributed by atoms with Crippen molar-refractivity contribution < 1.29 is 22.6 Å². The highest BCUT2D eigenvalue weighted by Crippen LogP contribution is 2.40. The topological polar surface area (TPSA) is 30.5 Å². The first-order valence-electron chi connectivity index (χ1n) is 8.84. The van der Waals surface area contributed by atoms with Crippen molar-refractivity contribution in [3.63, 3.8) is 0 Å². The molecule has 6 heteroatoms. The summed E-state index contributed by atoms with van der Waals surface area (Å²) >= 11 is 0. The molecule has 26 heavy (non-hydrogen) atoms. The van der Waals surface area contributed by atoms with Crippen LogP contribution in [-0.2, 0) is 6.18 Å². The van der Waals surface area contributed by atoms with Gasteiger partial charge in [0.05, 0.1) is 5.56 Å². The summed E-state index contributed by atoms with van der Waals surface area (Å²) < 4.78 is 51.5. The number of hydrogen-bond donors (Lipinski definition) is 1. The Balaban J connectivity index is 1.57. The van der Waals surface area contributed by atoms with Crippen molar-refractivity contribution in [3.8, 4) is 17.2 Å². The lowest BCUT2D eigenvalue weighted by Gasteiger charge is -2.29. The van der Waals surface area contributed by atoms with Crippen LogP contribution in [0.4, 0.5) is 13.2 Å². The Morgan fingerprint density at radius 1 is 0.885 bits per heavy atom. The molecule has 0 unspecified atom stereocenters. The Bertz CT molecular complexity index is 751. The van der Waals surface area contributed by atoms with E-state index in [4.69, 9.17) is 9.47 Å². The van der Waals surface area contributed by atoms with Gasteiger partial charge in [0.1, 0.15) is 23.4 Å². The normalized spacial score (nSPS) is 25.1. The van der Waals surface area contributed by atoms with Crippen LogP contribution in [0.3, 0.4) is 0 Å². The average Bonchev–Trinajstić information content (AvgIpc) is 2.93. The van der Waals surface area contributed by atoms with Gasteiger partial charge in [0.25, 0.3) is 0 Å². The van der Waals surface area contributed by atoms with Crippen molar-refractivity contribution in [1.29, 1.82) is 0 Å². The van der Waals surface area contributed by atoms with E-state index in [2.05, 4.69) is 5.32 Å². The van der Waals surface area contributed by atoms with E-state index < -0.39 is 11.7 Å². The third-order valence-electron chi connectivity index (χ3n) is 4.96. The molecule has 0 radical (unpaired) electrons. The van der Waals surface area contributed by atoms with Crippen LogP contribution in [0.25, 0.3) is 0 Å². The van der Waals surface area contributed by atoms with Crippen LogP contribution in [-0.4, -0.2) is 18.2 Å². The molecule has 0 spiro atoms. The van der Waals surface area contributed by atoms with Crippen LogP contribution in [0.15, 0.2) is 48.5 Å². The molecular formula is C20H20F3NO2. The van der Waals surface area contributed by atoms with E-state index in [1.54, 1.807) is 30.3 Å². The van der Waals surface area contributed by atoms with Gasteiger partial charge in [-0.25, -0.2) is 0 Å². The highest BCUT2D eigenvalue weighted by Gasteiger charge is 2.36. The number of halogens is 3. The number of ether oxygens (including phenoxy) is 2. The van der Waals surface area contributed by atoms with E-state index in [0.29, 0.717) is 23.6 Å². The standard InChI is InChI=1S/C20H20F3NO2/c21-20(22,23)18-9-8-16(12-19(18)26-15-4-2-1-3-5-15)25-17-10-13-6-7-14(11-17)24-13/h1-5,8-9,12-14,17,24H,6-7,10-11H2/t13-,14+,17-. The zero-order valence-corrected chi connectivity index (χ0v) is 14.1. The Morgan fingerprint density at radius 2 is 1.58 bits per heavy atom. The fraction of sp³-hybridized carbons (Fsp3) is 0.400. The van der Waals surface area contributed by atoms with Gasteiger partial charge in [0.2, 0.25) is 0 Å². The average molecular weight is 363 g/mol. The fourth-order valence-corrected chi connectivity index (χ4v) is 3.80. The maximum atomic E-state index is 13.3. The first kappa shape index (κ1) is 17.2. The molecule has 0 aromatic heterocycles. The van der Waals surface area contributed by atoms with Crippen LogP contribution >= 0.6 is 0 Å². The largest absolute Gasteiger partial charge is 0.490 e. The van der Waals surface area contributed by atoms with Crippen molar-refractivity contribution in [2.24, 2.45) is 0 Å². The summed E-state index contributed by atoms with van der Waals surface area (Å²) in [7, 11) is 0. The second kappa shape index (κ2) is 6.83. The molecule has 4 rings (SSSR count). The monoisotopic (exact) mass is 363 g/mol. The van der Waals surface area contributed by atoms with Gasteiger partial charge >= 0.3 is 6.18 Å². The van der Waals surface area contributed by atoms with Crippen molar-refractivity contribution in [3.05, 3.63) is 54.1 Å². The Labute approximate surface area is 150 Å². The van der Waals surface area contributed by atoms with Crippen LogP contribution in [0, 0.1) is 0 Å². The predicted octanol–water partition coefficient (Wildman–Crippen LogP) is 5.16. The maximum absolute atomic E-state index is 13.3.